The summed E-state index contributed by atoms with van der Waals surface area (Å²) in [5.74, 6) is 0. The highest BCUT2D eigenvalue weighted by Crippen LogP contribution is 2.28. The minimum atomic E-state index is 0.412. The molecule has 0 spiro atoms. The molecule has 3 nitrogen and oxygen atoms in total. The normalized spacial score (nSPS) is 28.6. The second kappa shape index (κ2) is 6.33. The van der Waals surface area contributed by atoms with E-state index in [4.69, 9.17) is 17.3 Å². The van der Waals surface area contributed by atoms with Gasteiger partial charge in [-0.15, -0.1) is 0 Å². The first-order chi connectivity index (χ1) is 9.74. The number of halogens is 1. The fraction of sp³-hybridized carbons (Fsp3) is 0.625. The van der Waals surface area contributed by atoms with Crippen molar-refractivity contribution >= 4 is 17.3 Å². The SMILES string of the molecule is NC1CCCC(N2CCN(c3ccccc3Cl)CC2)C1. The number of benzene rings is 1. The molecule has 20 heavy (non-hydrogen) atoms. The topological polar surface area (TPSA) is 32.5 Å². The Morgan fingerprint density at radius 1 is 1.05 bits per heavy atom. The van der Waals surface area contributed by atoms with Crippen LogP contribution in [0.1, 0.15) is 25.7 Å². The number of nitrogens with zero attached hydrogens (tertiary/aromatic N) is 2. The molecule has 1 aliphatic heterocycles. The van der Waals surface area contributed by atoms with Crippen LogP contribution in [-0.2, 0) is 0 Å². The van der Waals surface area contributed by atoms with E-state index in [9.17, 15) is 0 Å². The van der Waals surface area contributed by atoms with Gasteiger partial charge in [-0.1, -0.05) is 30.2 Å². The zero-order valence-corrected chi connectivity index (χ0v) is 12.7. The second-order valence-corrected chi connectivity index (χ2v) is 6.46. The van der Waals surface area contributed by atoms with Crippen molar-refractivity contribution in [3.8, 4) is 0 Å². The zero-order chi connectivity index (χ0) is 13.9. The fourth-order valence-electron chi connectivity index (χ4n) is 3.57. The van der Waals surface area contributed by atoms with Crippen LogP contribution < -0.4 is 10.6 Å². The van der Waals surface area contributed by atoms with Gasteiger partial charge in [0.05, 0.1) is 10.7 Å². The molecule has 1 saturated heterocycles. The van der Waals surface area contributed by atoms with E-state index in [-0.39, 0.29) is 0 Å². The Balaban J connectivity index is 1.58. The van der Waals surface area contributed by atoms with Gasteiger partial charge in [0.2, 0.25) is 0 Å². The first-order valence-corrected chi connectivity index (χ1v) is 8.11. The summed E-state index contributed by atoms with van der Waals surface area (Å²) in [6, 6.07) is 9.26. The molecule has 0 amide bonds. The molecule has 0 aromatic heterocycles. The fourth-order valence-corrected chi connectivity index (χ4v) is 3.82. The third-order valence-corrected chi connectivity index (χ3v) is 5.03. The molecule has 1 aliphatic carbocycles. The number of anilines is 1. The maximum Gasteiger partial charge on any atom is 0.0639 e. The number of nitrogens with two attached hydrogens (primary N) is 1. The molecule has 1 aromatic rings. The van der Waals surface area contributed by atoms with Crippen LogP contribution >= 0.6 is 11.6 Å². The average molecular weight is 294 g/mol. The first kappa shape index (κ1) is 14.2. The lowest BCUT2D eigenvalue weighted by atomic mass is 9.90. The van der Waals surface area contributed by atoms with Crippen LogP contribution in [0, 0.1) is 0 Å². The number of rotatable bonds is 2. The van der Waals surface area contributed by atoms with Crippen molar-refractivity contribution < 1.29 is 0 Å². The molecule has 4 heteroatoms. The van der Waals surface area contributed by atoms with Gasteiger partial charge in [-0.05, 0) is 31.4 Å². The molecule has 1 heterocycles. The van der Waals surface area contributed by atoms with E-state index < -0.39 is 0 Å². The molecule has 2 atom stereocenters. The van der Waals surface area contributed by atoms with Crippen molar-refractivity contribution in [2.75, 3.05) is 31.1 Å². The quantitative estimate of drug-likeness (QED) is 0.910. The maximum absolute atomic E-state index is 6.29. The second-order valence-electron chi connectivity index (χ2n) is 6.05. The Bertz CT molecular complexity index is 443. The number of hydrogen-bond acceptors (Lipinski definition) is 3. The van der Waals surface area contributed by atoms with Crippen molar-refractivity contribution in [2.45, 2.75) is 37.8 Å². The lowest BCUT2D eigenvalue weighted by Gasteiger charge is -2.42. The van der Waals surface area contributed by atoms with Crippen LogP contribution in [0.4, 0.5) is 5.69 Å². The molecule has 110 valence electrons. The Hall–Kier alpha value is -0.770. The molecule has 3 rings (SSSR count). The lowest BCUT2D eigenvalue weighted by Crippen LogP contribution is -2.52. The van der Waals surface area contributed by atoms with E-state index in [2.05, 4.69) is 21.9 Å². The van der Waals surface area contributed by atoms with Crippen molar-refractivity contribution in [1.82, 2.24) is 4.90 Å². The number of hydrogen-bond donors (Lipinski definition) is 1. The molecule has 2 fully saturated rings. The highest BCUT2D eigenvalue weighted by Gasteiger charge is 2.28. The van der Waals surface area contributed by atoms with Crippen LogP contribution in [0.25, 0.3) is 0 Å². The van der Waals surface area contributed by atoms with Crippen LogP contribution in [0.5, 0.6) is 0 Å². The summed E-state index contributed by atoms with van der Waals surface area (Å²) < 4.78 is 0. The Morgan fingerprint density at radius 3 is 2.50 bits per heavy atom. The van der Waals surface area contributed by atoms with Crippen molar-refractivity contribution in [2.24, 2.45) is 5.73 Å². The van der Waals surface area contributed by atoms with Gasteiger partial charge >= 0.3 is 0 Å². The molecular weight excluding hydrogens is 270 g/mol. The predicted octanol–water partition coefficient (Wildman–Crippen LogP) is 2.73. The van der Waals surface area contributed by atoms with Crippen LogP contribution in [0.15, 0.2) is 24.3 Å². The van der Waals surface area contributed by atoms with Gasteiger partial charge in [-0.3, -0.25) is 4.90 Å². The standard InChI is InChI=1S/C16H24ClN3/c17-15-6-1-2-7-16(15)20-10-8-19(9-11-20)14-5-3-4-13(18)12-14/h1-2,6-7,13-14H,3-5,8-12,18H2. The minimum Gasteiger partial charge on any atom is -0.368 e. The zero-order valence-electron chi connectivity index (χ0n) is 12.0. The monoisotopic (exact) mass is 293 g/mol. The third kappa shape index (κ3) is 3.11. The van der Waals surface area contributed by atoms with E-state index in [1.54, 1.807) is 0 Å². The highest BCUT2D eigenvalue weighted by molar-refractivity contribution is 6.33. The lowest BCUT2D eigenvalue weighted by molar-refractivity contribution is 0.140. The van der Waals surface area contributed by atoms with E-state index in [0.29, 0.717) is 12.1 Å². The van der Waals surface area contributed by atoms with Crippen LogP contribution in [0.2, 0.25) is 5.02 Å². The molecule has 0 radical (unpaired) electrons. The summed E-state index contributed by atoms with van der Waals surface area (Å²) in [6.07, 6.45) is 4.98. The van der Waals surface area contributed by atoms with E-state index >= 15 is 0 Å². The summed E-state index contributed by atoms with van der Waals surface area (Å²) >= 11 is 6.29. The van der Waals surface area contributed by atoms with Crippen LogP contribution in [0.3, 0.4) is 0 Å². The minimum absolute atomic E-state index is 0.412. The summed E-state index contributed by atoms with van der Waals surface area (Å²) in [5, 5.41) is 0.862. The molecule has 2 aliphatic rings. The van der Waals surface area contributed by atoms with Crippen molar-refractivity contribution in [1.29, 1.82) is 0 Å². The van der Waals surface area contributed by atoms with Gasteiger partial charge in [0.25, 0.3) is 0 Å². The molecule has 2 N–H and O–H groups in total. The van der Waals surface area contributed by atoms with Gasteiger partial charge in [-0.25, -0.2) is 0 Å². The molecule has 2 unspecified atom stereocenters. The summed E-state index contributed by atoms with van der Waals surface area (Å²) in [5.41, 5.74) is 7.29. The highest BCUT2D eigenvalue weighted by atomic mass is 35.5. The van der Waals surface area contributed by atoms with E-state index in [1.165, 1.54) is 31.4 Å². The number of piperazine rings is 1. The smallest absolute Gasteiger partial charge is 0.0639 e. The first-order valence-electron chi connectivity index (χ1n) is 7.73. The van der Waals surface area contributed by atoms with E-state index in [0.717, 1.165) is 31.2 Å². The van der Waals surface area contributed by atoms with Crippen molar-refractivity contribution in [3.05, 3.63) is 29.3 Å². The molecule has 1 aromatic carbocycles. The molecule has 1 saturated carbocycles. The third-order valence-electron chi connectivity index (χ3n) is 4.71. The maximum atomic E-state index is 6.29. The van der Waals surface area contributed by atoms with Crippen molar-refractivity contribution in [3.63, 3.8) is 0 Å². The van der Waals surface area contributed by atoms with Gasteiger partial charge in [0.1, 0.15) is 0 Å². The molecular formula is C16H24ClN3. The predicted molar refractivity (Wildman–Crippen MR) is 85.5 cm³/mol. The van der Waals surface area contributed by atoms with Gasteiger partial charge < -0.3 is 10.6 Å². The van der Waals surface area contributed by atoms with Gasteiger partial charge in [-0.2, -0.15) is 0 Å². The average Bonchev–Trinajstić information content (AvgIpc) is 2.48. The van der Waals surface area contributed by atoms with E-state index in [1.807, 2.05) is 12.1 Å². The summed E-state index contributed by atoms with van der Waals surface area (Å²) in [7, 11) is 0. The Kier molecular flexibility index (Phi) is 4.49. The number of para-hydroxylation sites is 1. The Labute approximate surface area is 126 Å². The summed E-state index contributed by atoms with van der Waals surface area (Å²) in [4.78, 5) is 5.04. The Morgan fingerprint density at radius 2 is 1.80 bits per heavy atom. The molecule has 0 bridgehead atoms. The van der Waals surface area contributed by atoms with Crippen LogP contribution in [-0.4, -0.2) is 43.2 Å². The van der Waals surface area contributed by atoms with Gasteiger partial charge in [0.15, 0.2) is 0 Å². The van der Waals surface area contributed by atoms with Gasteiger partial charge in [0, 0.05) is 38.3 Å². The summed E-state index contributed by atoms with van der Waals surface area (Å²) in [6.45, 7) is 4.39. The largest absolute Gasteiger partial charge is 0.368 e.